The highest BCUT2D eigenvalue weighted by Gasteiger charge is 2.47. The molecule has 0 amide bonds. The lowest BCUT2D eigenvalue weighted by molar-refractivity contribution is 0.319. The Labute approximate surface area is 169 Å². The number of aromatic nitrogens is 5. The maximum absolute atomic E-state index is 13.0. The van der Waals surface area contributed by atoms with Crippen LogP contribution >= 0.6 is 0 Å². The zero-order valence-electron chi connectivity index (χ0n) is 16.5. The second-order valence-corrected chi connectivity index (χ2v) is 10.4. The number of nitrogens with one attached hydrogen (secondary N) is 1. The minimum absolute atomic E-state index is 0.0324. The molecular formula is C19H27N7O2S. The molecule has 2 aliphatic rings. The van der Waals surface area contributed by atoms with Gasteiger partial charge in [0.1, 0.15) is 5.82 Å². The summed E-state index contributed by atoms with van der Waals surface area (Å²) in [5.74, 6) is 1.40. The Balaban J connectivity index is 1.53. The maximum atomic E-state index is 13.0. The molecule has 0 spiro atoms. The molecule has 2 aliphatic carbocycles. The highest BCUT2D eigenvalue weighted by atomic mass is 32.2. The van der Waals surface area contributed by atoms with E-state index in [0.29, 0.717) is 19.0 Å². The first-order chi connectivity index (χ1) is 14.0. The molecule has 10 heteroatoms. The zero-order valence-corrected chi connectivity index (χ0v) is 17.3. The largest absolute Gasteiger partial charge is 0.345 e. The molecule has 3 aromatic rings. The molecule has 0 unspecified atom stereocenters. The van der Waals surface area contributed by atoms with Crippen LogP contribution in [0.5, 0.6) is 0 Å². The molecule has 9 nitrogen and oxygen atoms in total. The van der Waals surface area contributed by atoms with Gasteiger partial charge in [0.25, 0.3) is 0 Å². The number of H-pyrrole nitrogens is 1. The third-order valence-electron chi connectivity index (χ3n) is 6.52. The van der Waals surface area contributed by atoms with Crippen LogP contribution in [-0.4, -0.2) is 61.7 Å². The third kappa shape index (κ3) is 3.04. The lowest BCUT2D eigenvalue weighted by Gasteiger charge is -2.28. The first-order valence-electron chi connectivity index (χ1n) is 10.4. The summed E-state index contributed by atoms with van der Waals surface area (Å²) in [6.45, 7) is 2.89. The van der Waals surface area contributed by atoms with Crippen molar-refractivity contribution in [2.24, 2.45) is 11.7 Å². The van der Waals surface area contributed by atoms with Gasteiger partial charge in [0.05, 0.1) is 17.0 Å². The van der Waals surface area contributed by atoms with Crippen LogP contribution in [-0.2, 0) is 10.0 Å². The Hall–Kier alpha value is -2.04. The molecule has 29 heavy (non-hydrogen) atoms. The first kappa shape index (κ1) is 19.0. The molecule has 3 N–H and O–H groups in total. The van der Waals surface area contributed by atoms with E-state index in [1.807, 2.05) is 12.3 Å². The van der Waals surface area contributed by atoms with Crippen molar-refractivity contribution >= 4 is 26.8 Å². The fourth-order valence-electron chi connectivity index (χ4n) is 4.94. The highest BCUT2D eigenvalue weighted by Crippen LogP contribution is 2.45. The monoisotopic (exact) mass is 417 g/mol. The summed E-state index contributed by atoms with van der Waals surface area (Å²) in [6, 6.07) is 1.95. The zero-order chi connectivity index (χ0) is 20.2. The van der Waals surface area contributed by atoms with E-state index in [9.17, 15) is 8.42 Å². The molecule has 0 bridgehead atoms. The molecule has 2 fully saturated rings. The number of sulfonamides is 1. The van der Waals surface area contributed by atoms with E-state index in [4.69, 9.17) is 5.73 Å². The van der Waals surface area contributed by atoms with Crippen LogP contribution in [0.2, 0.25) is 0 Å². The van der Waals surface area contributed by atoms with Crippen LogP contribution in [0.1, 0.15) is 50.8 Å². The predicted molar refractivity (Wildman–Crippen MR) is 110 cm³/mol. The minimum atomic E-state index is -3.27. The Morgan fingerprint density at radius 1 is 1.31 bits per heavy atom. The molecular weight excluding hydrogens is 390 g/mol. The van der Waals surface area contributed by atoms with Crippen LogP contribution < -0.4 is 5.73 Å². The fourth-order valence-corrected chi connectivity index (χ4v) is 7.00. The minimum Gasteiger partial charge on any atom is -0.345 e. The van der Waals surface area contributed by atoms with Crippen LogP contribution in [0.4, 0.5) is 0 Å². The van der Waals surface area contributed by atoms with Gasteiger partial charge < -0.3 is 10.7 Å². The van der Waals surface area contributed by atoms with E-state index in [-0.39, 0.29) is 17.2 Å². The third-order valence-corrected chi connectivity index (χ3v) is 8.97. The Morgan fingerprint density at radius 3 is 2.86 bits per heavy atom. The van der Waals surface area contributed by atoms with Gasteiger partial charge in [0, 0.05) is 31.2 Å². The van der Waals surface area contributed by atoms with Crippen molar-refractivity contribution in [2.75, 3.05) is 13.1 Å². The number of nitrogens with zero attached hydrogens (tertiary/aromatic N) is 5. The number of fused-ring (bicyclic) bond motifs is 3. The number of hydrogen-bond acceptors (Lipinski definition) is 6. The van der Waals surface area contributed by atoms with Gasteiger partial charge in [-0.05, 0) is 37.7 Å². The molecule has 3 heterocycles. The van der Waals surface area contributed by atoms with Crippen LogP contribution in [0.25, 0.3) is 16.8 Å². The van der Waals surface area contributed by atoms with E-state index in [1.165, 1.54) is 0 Å². The lowest BCUT2D eigenvalue weighted by atomic mass is 9.93. The van der Waals surface area contributed by atoms with Gasteiger partial charge in [-0.25, -0.2) is 13.4 Å². The fraction of sp³-hybridized carbons (Fsp3) is 0.632. The Kier molecular flexibility index (Phi) is 4.60. The number of aromatic amines is 1. The maximum Gasteiger partial charge on any atom is 0.217 e. The van der Waals surface area contributed by atoms with Gasteiger partial charge in [0.15, 0.2) is 11.3 Å². The average molecular weight is 418 g/mol. The molecule has 0 aromatic carbocycles. The van der Waals surface area contributed by atoms with Gasteiger partial charge in [-0.15, -0.1) is 10.2 Å². The highest BCUT2D eigenvalue weighted by molar-refractivity contribution is 7.90. The van der Waals surface area contributed by atoms with Crippen molar-refractivity contribution in [3.63, 3.8) is 0 Å². The summed E-state index contributed by atoms with van der Waals surface area (Å²) in [6.07, 6.45) is 7.68. The van der Waals surface area contributed by atoms with Gasteiger partial charge in [-0.1, -0.05) is 13.3 Å². The summed E-state index contributed by atoms with van der Waals surface area (Å²) in [7, 11) is -3.27. The van der Waals surface area contributed by atoms with Crippen molar-refractivity contribution < 1.29 is 8.42 Å². The van der Waals surface area contributed by atoms with E-state index < -0.39 is 10.0 Å². The van der Waals surface area contributed by atoms with Crippen LogP contribution in [0.15, 0.2) is 18.5 Å². The second kappa shape index (κ2) is 7.03. The van der Waals surface area contributed by atoms with Gasteiger partial charge >= 0.3 is 0 Å². The average Bonchev–Trinajstić information content (AvgIpc) is 3.14. The number of nitrogens with two attached hydrogens (primary N) is 1. The molecule has 2 saturated carbocycles. The SMILES string of the molecule is CC[C@@H]1C[C@H](N(CCN)S(=O)(=O)C2CC2)C[C@@H]1c1nnc2cnc3[nH]ccc3n12. The lowest BCUT2D eigenvalue weighted by Crippen LogP contribution is -2.43. The topological polar surface area (TPSA) is 122 Å². The van der Waals surface area contributed by atoms with Crippen molar-refractivity contribution in [3.8, 4) is 0 Å². The first-order valence-corrected chi connectivity index (χ1v) is 11.9. The van der Waals surface area contributed by atoms with Gasteiger partial charge in [-0.2, -0.15) is 4.31 Å². The predicted octanol–water partition coefficient (Wildman–Crippen LogP) is 1.63. The van der Waals surface area contributed by atoms with Crippen LogP contribution in [0.3, 0.4) is 0 Å². The smallest absolute Gasteiger partial charge is 0.217 e. The summed E-state index contributed by atoms with van der Waals surface area (Å²) >= 11 is 0. The number of rotatable bonds is 7. The van der Waals surface area contributed by atoms with E-state index >= 15 is 0 Å². The van der Waals surface area contributed by atoms with Crippen molar-refractivity contribution in [1.82, 2.24) is 28.9 Å². The summed E-state index contributed by atoms with van der Waals surface area (Å²) in [5, 5.41) is 8.65. The normalized spacial score (nSPS) is 25.6. The molecule has 0 radical (unpaired) electrons. The number of hydrogen-bond donors (Lipinski definition) is 2. The molecule has 0 saturated heterocycles. The Morgan fingerprint density at radius 2 is 2.14 bits per heavy atom. The van der Waals surface area contributed by atoms with E-state index in [0.717, 1.165) is 54.7 Å². The quantitative estimate of drug-likeness (QED) is 0.602. The summed E-state index contributed by atoms with van der Waals surface area (Å²) < 4.78 is 29.8. The summed E-state index contributed by atoms with van der Waals surface area (Å²) in [4.78, 5) is 7.53. The molecule has 0 aliphatic heterocycles. The Bertz CT molecular complexity index is 1130. The van der Waals surface area contributed by atoms with E-state index in [2.05, 4.69) is 31.5 Å². The standard InChI is InChI=1S/C19H27N7O2S/c1-2-12-9-13(25(8-6-20)29(27,28)14-3-4-14)10-15(12)19-24-23-17-11-22-18-16(26(17)19)5-7-21-18/h5,7,11-15,21H,2-4,6,8-10,20H2,1H3/t12-,13+,15+/m1/s1. The second-order valence-electron chi connectivity index (χ2n) is 8.27. The molecule has 3 aromatic heterocycles. The van der Waals surface area contributed by atoms with Gasteiger partial charge in [0.2, 0.25) is 10.0 Å². The van der Waals surface area contributed by atoms with Crippen molar-refractivity contribution in [2.45, 2.75) is 56.2 Å². The van der Waals surface area contributed by atoms with E-state index in [1.54, 1.807) is 10.5 Å². The molecule has 156 valence electrons. The molecule has 5 rings (SSSR count). The van der Waals surface area contributed by atoms with Crippen LogP contribution in [0, 0.1) is 5.92 Å². The van der Waals surface area contributed by atoms with Crippen molar-refractivity contribution in [1.29, 1.82) is 0 Å². The van der Waals surface area contributed by atoms with Gasteiger partial charge in [-0.3, -0.25) is 4.40 Å². The summed E-state index contributed by atoms with van der Waals surface area (Å²) in [5.41, 5.74) is 8.25. The van der Waals surface area contributed by atoms with Crippen molar-refractivity contribution in [3.05, 3.63) is 24.3 Å². The molecule has 3 atom stereocenters.